The van der Waals surface area contributed by atoms with E-state index >= 15 is 0 Å². The summed E-state index contributed by atoms with van der Waals surface area (Å²) in [5.41, 5.74) is 0.939. The molecule has 5 nitrogen and oxygen atoms in total. The highest BCUT2D eigenvalue weighted by molar-refractivity contribution is 5.88. The van der Waals surface area contributed by atoms with Crippen molar-refractivity contribution in [3.8, 4) is 0 Å². The highest BCUT2D eigenvalue weighted by Gasteiger charge is 2.38. The molecule has 0 bridgehead atoms. The number of aliphatic carboxylic acids is 1. The molecule has 1 fully saturated rings. The second kappa shape index (κ2) is 6.52. The number of benzene rings is 1. The van der Waals surface area contributed by atoms with Crippen molar-refractivity contribution >= 4 is 11.9 Å². The lowest BCUT2D eigenvalue weighted by atomic mass is 9.93. The number of carboxylic acid groups (broad SMARTS) is 1. The third-order valence-electron chi connectivity index (χ3n) is 3.48. The summed E-state index contributed by atoms with van der Waals surface area (Å²) < 4.78 is 4.83. The van der Waals surface area contributed by atoms with Gasteiger partial charge in [-0.1, -0.05) is 30.3 Å². The van der Waals surface area contributed by atoms with Crippen LogP contribution in [0, 0.1) is 5.92 Å². The molecule has 2 N–H and O–H groups in total. The maximum atomic E-state index is 12.4. The molecule has 20 heavy (non-hydrogen) atoms. The van der Waals surface area contributed by atoms with Crippen LogP contribution in [0.15, 0.2) is 30.3 Å². The molecule has 2 atom stereocenters. The second-order valence-corrected chi connectivity index (χ2v) is 5.08. The summed E-state index contributed by atoms with van der Waals surface area (Å²) in [4.78, 5) is 23.5. The maximum Gasteiger partial charge on any atom is 0.328 e. The Labute approximate surface area is 117 Å². The molecule has 5 heteroatoms. The van der Waals surface area contributed by atoms with E-state index in [1.807, 2.05) is 30.3 Å². The monoisotopic (exact) mass is 277 g/mol. The molecule has 0 radical (unpaired) electrons. The van der Waals surface area contributed by atoms with E-state index in [1.54, 1.807) is 0 Å². The van der Waals surface area contributed by atoms with Crippen LogP contribution < -0.4 is 5.32 Å². The molecule has 1 aromatic rings. The largest absolute Gasteiger partial charge is 0.480 e. The summed E-state index contributed by atoms with van der Waals surface area (Å²) >= 11 is 0. The third-order valence-corrected chi connectivity index (χ3v) is 3.48. The van der Waals surface area contributed by atoms with E-state index in [2.05, 4.69) is 5.32 Å². The van der Waals surface area contributed by atoms with Gasteiger partial charge in [0.05, 0.1) is 12.5 Å². The summed E-state index contributed by atoms with van der Waals surface area (Å²) in [5, 5.41) is 11.6. The number of carbonyl (C=O) groups is 2. The first-order valence-electron chi connectivity index (χ1n) is 6.70. The lowest BCUT2D eigenvalue weighted by Gasteiger charge is -2.20. The van der Waals surface area contributed by atoms with Gasteiger partial charge in [0.15, 0.2) is 6.04 Å². The molecule has 0 heterocycles. The lowest BCUT2D eigenvalue weighted by Crippen LogP contribution is -2.46. The molecule has 1 saturated carbocycles. The number of carboxylic acids is 1. The van der Waals surface area contributed by atoms with E-state index in [0.717, 1.165) is 18.4 Å². The van der Waals surface area contributed by atoms with Crippen LogP contribution >= 0.6 is 0 Å². The van der Waals surface area contributed by atoms with Gasteiger partial charge < -0.3 is 15.2 Å². The zero-order chi connectivity index (χ0) is 14.5. The predicted molar refractivity (Wildman–Crippen MR) is 73.3 cm³/mol. The van der Waals surface area contributed by atoms with E-state index in [1.165, 1.54) is 7.11 Å². The molecule has 1 aliphatic rings. The number of hydrogen-bond acceptors (Lipinski definition) is 3. The minimum absolute atomic E-state index is 0.0345. The van der Waals surface area contributed by atoms with Gasteiger partial charge in [-0.2, -0.15) is 0 Å². The minimum atomic E-state index is -1.08. The summed E-state index contributed by atoms with van der Waals surface area (Å²) in [7, 11) is 1.41. The van der Waals surface area contributed by atoms with Crippen molar-refractivity contribution < 1.29 is 19.4 Å². The Kier molecular flexibility index (Phi) is 4.74. The smallest absolute Gasteiger partial charge is 0.328 e. The number of nitrogens with one attached hydrogen (secondary N) is 1. The number of methoxy groups -OCH3 is 1. The summed E-state index contributed by atoms with van der Waals surface area (Å²) in [6.07, 6.45) is 2.02. The van der Waals surface area contributed by atoms with E-state index in [0.29, 0.717) is 5.92 Å². The zero-order valence-electron chi connectivity index (χ0n) is 11.4. The summed E-state index contributed by atoms with van der Waals surface area (Å²) in [5.74, 6) is -1.27. The van der Waals surface area contributed by atoms with Crippen LogP contribution in [0.4, 0.5) is 0 Å². The Balaban J connectivity index is 2.10. The Hall–Kier alpha value is -1.88. The van der Waals surface area contributed by atoms with Gasteiger partial charge >= 0.3 is 5.97 Å². The number of carbonyl (C=O) groups excluding carboxylic acids is 1. The molecular weight excluding hydrogens is 258 g/mol. The average Bonchev–Trinajstić information content (AvgIpc) is 3.24. The molecule has 1 aromatic carbocycles. The van der Waals surface area contributed by atoms with Crippen LogP contribution in [-0.4, -0.2) is 36.7 Å². The Morgan fingerprint density at radius 2 is 2.00 bits per heavy atom. The fourth-order valence-corrected chi connectivity index (χ4v) is 2.33. The Morgan fingerprint density at radius 3 is 2.50 bits per heavy atom. The molecule has 2 rings (SSSR count). The SMILES string of the molecule is COCC(NC(=O)C(c1ccccc1)C1CC1)C(=O)O. The Bertz CT molecular complexity index is 470. The highest BCUT2D eigenvalue weighted by atomic mass is 16.5. The molecule has 0 spiro atoms. The van der Waals surface area contributed by atoms with Crippen LogP contribution in [-0.2, 0) is 14.3 Å². The molecule has 0 aromatic heterocycles. The second-order valence-electron chi connectivity index (χ2n) is 5.08. The topological polar surface area (TPSA) is 75.6 Å². The molecule has 1 amide bonds. The molecular formula is C15H19NO4. The molecule has 1 aliphatic carbocycles. The van der Waals surface area contributed by atoms with Crippen molar-refractivity contribution in [3.63, 3.8) is 0 Å². The standard InChI is InChI=1S/C15H19NO4/c1-20-9-12(15(18)19)16-14(17)13(11-7-8-11)10-5-3-2-4-6-10/h2-6,11-13H,7-9H2,1H3,(H,16,17)(H,18,19). The maximum absolute atomic E-state index is 12.4. The zero-order valence-corrected chi connectivity index (χ0v) is 11.4. The third kappa shape index (κ3) is 3.57. The van der Waals surface area contributed by atoms with Gasteiger partial charge in [-0.05, 0) is 24.3 Å². The van der Waals surface area contributed by atoms with E-state index in [9.17, 15) is 9.59 Å². The fraction of sp³-hybridized carbons (Fsp3) is 0.467. The van der Waals surface area contributed by atoms with Gasteiger partial charge in [0.1, 0.15) is 0 Å². The minimum Gasteiger partial charge on any atom is -0.480 e. The van der Waals surface area contributed by atoms with Crippen LogP contribution in [0.3, 0.4) is 0 Å². The normalized spacial score (nSPS) is 17.2. The van der Waals surface area contributed by atoms with E-state index in [4.69, 9.17) is 9.84 Å². The average molecular weight is 277 g/mol. The molecule has 0 saturated heterocycles. The molecule has 108 valence electrons. The Morgan fingerprint density at radius 1 is 1.35 bits per heavy atom. The summed E-state index contributed by atoms with van der Waals surface area (Å²) in [6.45, 7) is -0.0345. The highest BCUT2D eigenvalue weighted by Crippen LogP contribution is 2.42. The molecule has 2 unspecified atom stereocenters. The van der Waals surface area contributed by atoms with Gasteiger partial charge in [-0.25, -0.2) is 4.79 Å². The fourth-order valence-electron chi connectivity index (χ4n) is 2.33. The van der Waals surface area contributed by atoms with Crippen molar-refractivity contribution in [2.75, 3.05) is 13.7 Å². The quantitative estimate of drug-likeness (QED) is 0.790. The van der Waals surface area contributed by atoms with Gasteiger partial charge in [-0.3, -0.25) is 4.79 Å². The van der Waals surface area contributed by atoms with Gasteiger partial charge in [-0.15, -0.1) is 0 Å². The first-order chi connectivity index (χ1) is 9.63. The van der Waals surface area contributed by atoms with Crippen molar-refractivity contribution in [1.82, 2.24) is 5.32 Å². The van der Waals surface area contributed by atoms with Crippen LogP contribution in [0.5, 0.6) is 0 Å². The first-order valence-corrected chi connectivity index (χ1v) is 6.70. The van der Waals surface area contributed by atoms with Gasteiger partial charge in [0.2, 0.25) is 5.91 Å². The van der Waals surface area contributed by atoms with Crippen molar-refractivity contribution in [3.05, 3.63) is 35.9 Å². The van der Waals surface area contributed by atoms with E-state index in [-0.39, 0.29) is 18.4 Å². The molecule has 0 aliphatic heterocycles. The first kappa shape index (κ1) is 14.5. The van der Waals surface area contributed by atoms with Crippen LogP contribution in [0.25, 0.3) is 0 Å². The van der Waals surface area contributed by atoms with Crippen molar-refractivity contribution in [2.24, 2.45) is 5.92 Å². The van der Waals surface area contributed by atoms with Crippen molar-refractivity contribution in [1.29, 1.82) is 0 Å². The summed E-state index contributed by atoms with van der Waals surface area (Å²) in [6, 6.07) is 8.50. The predicted octanol–water partition coefficient (Wildman–Crippen LogP) is 1.40. The van der Waals surface area contributed by atoms with Crippen LogP contribution in [0.1, 0.15) is 24.3 Å². The van der Waals surface area contributed by atoms with Crippen LogP contribution in [0.2, 0.25) is 0 Å². The van der Waals surface area contributed by atoms with Crippen molar-refractivity contribution in [2.45, 2.75) is 24.8 Å². The number of hydrogen-bond donors (Lipinski definition) is 2. The van der Waals surface area contributed by atoms with E-state index < -0.39 is 12.0 Å². The van der Waals surface area contributed by atoms with Gasteiger partial charge in [0, 0.05) is 7.11 Å². The number of rotatable bonds is 7. The van der Waals surface area contributed by atoms with Gasteiger partial charge in [0.25, 0.3) is 0 Å². The number of amides is 1. The lowest BCUT2D eigenvalue weighted by molar-refractivity contribution is -0.143. The number of ether oxygens (including phenoxy) is 1.